The highest BCUT2D eigenvalue weighted by Gasteiger charge is 2.18. The largest absolute Gasteiger partial charge is 0.508 e. The van der Waals surface area contributed by atoms with Crippen molar-refractivity contribution in [2.75, 3.05) is 13.1 Å². The first-order valence-corrected chi connectivity index (χ1v) is 5.90. The minimum absolute atomic E-state index is 0.0249. The van der Waals surface area contributed by atoms with Crippen LogP contribution in [0.15, 0.2) is 24.3 Å². The van der Waals surface area contributed by atoms with Crippen molar-refractivity contribution in [3.8, 4) is 5.75 Å². The molecule has 4 nitrogen and oxygen atoms in total. The van der Waals surface area contributed by atoms with Crippen LogP contribution in [-0.4, -0.2) is 35.0 Å². The van der Waals surface area contributed by atoms with E-state index < -0.39 is 6.04 Å². The molecule has 1 rings (SSSR count). The summed E-state index contributed by atoms with van der Waals surface area (Å²) in [6.07, 6.45) is 0.496. The zero-order chi connectivity index (χ0) is 12.8. The Bertz CT molecular complexity index is 358. The third-order valence-electron chi connectivity index (χ3n) is 2.78. The summed E-state index contributed by atoms with van der Waals surface area (Å²) in [7, 11) is 0. The number of likely N-dealkylation sites (N-methyl/N-ethyl adjacent to an activating group) is 1. The molecule has 1 atom stereocenters. The van der Waals surface area contributed by atoms with Crippen LogP contribution in [-0.2, 0) is 11.2 Å². The summed E-state index contributed by atoms with van der Waals surface area (Å²) in [5, 5.41) is 9.16. The number of hydrogen-bond acceptors (Lipinski definition) is 3. The van der Waals surface area contributed by atoms with E-state index in [0.717, 1.165) is 5.56 Å². The third kappa shape index (κ3) is 3.75. The zero-order valence-corrected chi connectivity index (χ0v) is 10.4. The second-order valence-electron chi connectivity index (χ2n) is 3.99. The van der Waals surface area contributed by atoms with E-state index in [-0.39, 0.29) is 11.7 Å². The van der Waals surface area contributed by atoms with E-state index in [0.29, 0.717) is 19.5 Å². The van der Waals surface area contributed by atoms with E-state index >= 15 is 0 Å². The van der Waals surface area contributed by atoms with E-state index in [1.807, 2.05) is 13.8 Å². The number of aromatic hydroxyl groups is 1. The third-order valence-corrected chi connectivity index (χ3v) is 2.78. The molecule has 0 spiro atoms. The van der Waals surface area contributed by atoms with Crippen LogP contribution >= 0.6 is 0 Å². The number of amides is 1. The lowest BCUT2D eigenvalue weighted by molar-refractivity contribution is -0.132. The monoisotopic (exact) mass is 236 g/mol. The number of benzene rings is 1. The summed E-state index contributed by atoms with van der Waals surface area (Å²) in [5.41, 5.74) is 6.84. The van der Waals surface area contributed by atoms with Gasteiger partial charge < -0.3 is 15.7 Å². The van der Waals surface area contributed by atoms with Crippen LogP contribution in [0.1, 0.15) is 19.4 Å². The molecule has 0 aliphatic rings. The van der Waals surface area contributed by atoms with Gasteiger partial charge in [0.05, 0.1) is 6.04 Å². The molecule has 1 aromatic carbocycles. The van der Waals surface area contributed by atoms with E-state index in [9.17, 15) is 4.79 Å². The van der Waals surface area contributed by atoms with Crippen molar-refractivity contribution < 1.29 is 9.90 Å². The number of nitrogens with two attached hydrogens (primary N) is 1. The SMILES string of the molecule is CCN(CC)C(=O)C(N)Cc1ccc(O)cc1. The molecule has 1 unspecified atom stereocenters. The van der Waals surface area contributed by atoms with Crippen molar-refractivity contribution in [3.63, 3.8) is 0 Å². The molecule has 0 bridgehead atoms. The van der Waals surface area contributed by atoms with Crippen molar-refractivity contribution in [2.45, 2.75) is 26.3 Å². The number of carbonyl (C=O) groups is 1. The lowest BCUT2D eigenvalue weighted by Gasteiger charge is -2.22. The number of phenolic OH excluding ortho intramolecular Hbond substituents is 1. The molecule has 1 amide bonds. The van der Waals surface area contributed by atoms with E-state index in [1.54, 1.807) is 29.2 Å². The average Bonchev–Trinajstić information content (AvgIpc) is 2.33. The fraction of sp³-hybridized carbons (Fsp3) is 0.462. The smallest absolute Gasteiger partial charge is 0.239 e. The molecular weight excluding hydrogens is 216 g/mol. The lowest BCUT2D eigenvalue weighted by Crippen LogP contribution is -2.44. The molecule has 0 aromatic heterocycles. The Morgan fingerprint density at radius 1 is 1.29 bits per heavy atom. The highest BCUT2D eigenvalue weighted by Crippen LogP contribution is 2.11. The molecule has 0 heterocycles. The highest BCUT2D eigenvalue weighted by atomic mass is 16.3. The molecule has 4 heteroatoms. The minimum atomic E-state index is -0.514. The quantitative estimate of drug-likeness (QED) is 0.805. The summed E-state index contributed by atoms with van der Waals surface area (Å²) in [5.74, 6) is 0.195. The second kappa shape index (κ2) is 6.25. The van der Waals surface area contributed by atoms with Crippen LogP contribution in [0.4, 0.5) is 0 Å². The molecule has 94 valence electrons. The maximum Gasteiger partial charge on any atom is 0.239 e. The number of phenols is 1. The molecule has 1 aromatic rings. The predicted octanol–water partition coefficient (Wildman–Crippen LogP) is 1.13. The van der Waals surface area contributed by atoms with Gasteiger partial charge in [0.25, 0.3) is 0 Å². The van der Waals surface area contributed by atoms with Gasteiger partial charge >= 0.3 is 0 Å². The molecular formula is C13H20N2O2. The summed E-state index contributed by atoms with van der Waals surface area (Å²) in [6.45, 7) is 5.24. The molecule has 0 saturated heterocycles. The van der Waals surface area contributed by atoms with Gasteiger partial charge in [-0.05, 0) is 38.0 Å². The molecule has 0 aliphatic carbocycles. The van der Waals surface area contributed by atoms with Crippen LogP contribution < -0.4 is 5.73 Å². The topological polar surface area (TPSA) is 66.6 Å². The minimum Gasteiger partial charge on any atom is -0.508 e. The molecule has 3 N–H and O–H groups in total. The Kier molecular flexibility index (Phi) is 4.97. The first-order valence-electron chi connectivity index (χ1n) is 5.90. The number of carbonyl (C=O) groups excluding carboxylic acids is 1. The van der Waals surface area contributed by atoms with E-state index in [4.69, 9.17) is 10.8 Å². The molecule has 0 aliphatic heterocycles. The van der Waals surface area contributed by atoms with Gasteiger partial charge in [-0.15, -0.1) is 0 Å². The first kappa shape index (κ1) is 13.5. The predicted molar refractivity (Wildman–Crippen MR) is 67.7 cm³/mol. The van der Waals surface area contributed by atoms with Gasteiger partial charge in [-0.1, -0.05) is 12.1 Å². The van der Waals surface area contributed by atoms with E-state index in [2.05, 4.69) is 0 Å². The summed E-state index contributed by atoms with van der Waals surface area (Å²) in [4.78, 5) is 13.7. The molecule has 0 fully saturated rings. The van der Waals surface area contributed by atoms with Gasteiger partial charge in [0, 0.05) is 13.1 Å². The van der Waals surface area contributed by atoms with Gasteiger partial charge in [0.2, 0.25) is 5.91 Å². The Morgan fingerprint density at radius 2 is 1.82 bits per heavy atom. The Labute approximate surface area is 102 Å². The highest BCUT2D eigenvalue weighted by molar-refractivity contribution is 5.81. The first-order chi connectivity index (χ1) is 8.08. The summed E-state index contributed by atoms with van der Waals surface area (Å²) >= 11 is 0. The van der Waals surface area contributed by atoms with Gasteiger partial charge in [-0.2, -0.15) is 0 Å². The Morgan fingerprint density at radius 3 is 2.29 bits per heavy atom. The molecule has 17 heavy (non-hydrogen) atoms. The zero-order valence-electron chi connectivity index (χ0n) is 10.4. The fourth-order valence-electron chi connectivity index (χ4n) is 1.74. The van der Waals surface area contributed by atoms with Crippen molar-refractivity contribution in [2.24, 2.45) is 5.73 Å². The maximum atomic E-state index is 11.9. The van der Waals surface area contributed by atoms with E-state index in [1.165, 1.54) is 0 Å². The lowest BCUT2D eigenvalue weighted by atomic mass is 10.1. The van der Waals surface area contributed by atoms with Crippen molar-refractivity contribution in [3.05, 3.63) is 29.8 Å². The van der Waals surface area contributed by atoms with Crippen molar-refractivity contribution in [1.29, 1.82) is 0 Å². The van der Waals surface area contributed by atoms with Gasteiger partial charge in [0.1, 0.15) is 5.75 Å². The number of hydrogen-bond donors (Lipinski definition) is 2. The van der Waals surface area contributed by atoms with Crippen LogP contribution in [0.25, 0.3) is 0 Å². The van der Waals surface area contributed by atoms with Crippen LogP contribution in [0.3, 0.4) is 0 Å². The molecule has 0 saturated carbocycles. The maximum absolute atomic E-state index is 11.9. The Hall–Kier alpha value is -1.55. The number of rotatable bonds is 5. The van der Waals surface area contributed by atoms with Crippen molar-refractivity contribution >= 4 is 5.91 Å². The fourth-order valence-corrected chi connectivity index (χ4v) is 1.74. The summed E-state index contributed by atoms with van der Waals surface area (Å²) in [6, 6.07) is 6.25. The Balaban J connectivity index is 2.62. The van der Waals surface area contributed by atoms with Gasteiger partial charge in [-0.3, -0.25) is 4.79 Å². The average molecular weight is 236 g/mol. The van der Waals surface area contributed by atoms with Gasteiger partial charge in [-0.25, -0.2) is 0 Å². The van der Waals surface area contributed by atoms with Crippen molar-refractivity contribution in [1.82, 2.24) is 4.90 Å². The number of nitrogens with zero attached hydrogens (tertiary/aromatic N) is 1. The standard InChI is InChI=1S/C13H20N2O2/c1-3-15(4-2)13(17)12(14)9-10-5-7-11(16)8-6-10/h5-8,12,16H,3-4,9,14H2,1-2H3. The normalized spacial score (nSPS) is 12.2. The van der Waals surface area contributed by atoms with Crippen LogP contribution in [0.5, 0.6) is 5.75 Å². The second-order valence-corrected chi connectivity index (χ2v) is 3.99. The molecule has 0 radical (unpaired) electrons. The van der Waals surface area contributed by atoms with Crippen LogP contribution in [0, 0.1) is 0 Å². The van der Waals surface area contributed by atoms with Crippen LogP contribution in [0.2, 0.25) is 0 Å². The van der Waals surface area contributed by atoms with Gasteiger partial charge in [0.15, 0.2) is 0 Å². The summed E-state index contributed by atoms with van der Waals surface area (Å²) < 4.78 is 0.